The molecule has 0 saturated heterocycles. The Bertz CT molecular complexity index is 550. The van der Waals surface area contributed by atoms with E-state index in [1.54, 1.807) is 0 Å². The molecular weight excluding hydrogens is 272 g/mol. The van der Waals surface area contributed by atoms with Gasteiger partial charge in [-0.3, -0.25) is 4.79 Å². The summed E-state index contributed by atoms with van der Waals surface area (Å²) in [4.78, 5) is 12.9. The molecule has 0 aliphatic heterocycles. The minimum Gasteiger partial charge on any atom is -0.393 e. The fourth-order valence-corrected chi connectivity index (χ4v) is 7.29. The second-order valence-corrected chi connectivity index (χ2v) is 9.26. The van der Waals surface area contributed by atoms with Crippen LogP contribution in [0.15, 0.2) is 11.6 Å². The molecule has 0 bridgehead atoms. The standard InChI is InChI=1S/C20H30O2/c1-11-5-7-13-9-16(22)19(3)10-15(21)17-12(2)6-8-14(11)20(13,4)18(17)19/h6,11,13-14,16-18,22H,5,7-10H2,1-4H3/t11-,13+,14+,16+,17-,18+,19+,20+/m0/s1. The van der Waals surface area contributed by atoms with E-state index in [-0.39, 0.29) is 22.9 Å². The zero-order valence-corrected chi connectivity index (χ0v) is 14.4. The number of carbonyl (C=O) groups is 1. The molecule has 8 atom stereocenters. The summed E-state index contributed by atoms with van der Waals surface area (Å²) in [5, 5.41) is 10.9. The Morgan fingerprint density at radius 2 is 2.00 bits per heavy atom. The molecule has 122 valence electrons. The summed E-state index contributed by atoms with van der Waals surface area (Å²) in [5.41, 5.74) is 1.30. The molecule has 0 aromatic carbocycles. The normalized spacial score (nSPS) is 57.1. The Hall–Kier alpha value is -0.630. The van der Waals surface area contributed by atoms with Gasteiger partial charge in [-0.2, -0.15) is 0 Å². The van der Waals surface area contributed by atoms with Crippen LogP contribution in [0.5, 0.6) is 0 Å². The zero-order chi connectivity index (χ0) is 15.9. The van der Waals surface area contributed by atoms with Crippen molar-refractivity contribution in [2.45, 2.75) is 65.9 Å². The van der Waals surface area contributed by atoms with Gasteiger partial charge in [-0.15, -0.1) is 0 Å². The highest BCUT2D eigenvalue weighted by Crippen LogP contribution is 2.70. The summed E-state index contributed by atoms with van der Waals surface area (Å²) < 4.78 is 0. The van der Waals surface area contributed by atoms with Crippen LogP contribution in [0, 0.1) is 40.4 Å². The second kappa shape index (κ2) is 4.47. The van der Waals surface area contributed by atoms with E-state index in [1.807, 2.05) is 0 Å². The molecule has 0 aromatic heterocycles. The largest absolute Gasteiger partial charge is 0.393 e. The van der Waals surface area contributed by atoms with Gasteiger partial charge in [0, 0.05) is 17.8 Å². The van der Waals surface area contributed by atoms with E-state index in [1.165, 1.54) is 18.4 Å². The van der Waals surface area contributed by atoms with Crippen LogP contribution in [-0.2, 0) is 4.79 Å². The van der Waals surface area contributed by atoms with Gasteiger partial charge in [-0.1, -0.05) is 38.8 Å². The van der Waals surface area contributed by atoms with Gasteiger partial charge in [-0.05, 0) is 55.3 Å². The summed E-state index contributed by atoms with van der Waals surface area (Å²) in [6, 6.07) is 0. The number of hydrogen-bond donors (Lipinski definition) is 1. The van der Waals surface area contributed by atoms with Crippen molar-refractivity contribution in [2.24, 2.45) is 40.4 Å². The number of hydrogen-bond acceptors (Lipinski definition) is 2. The van der Waals surface area contributed by atoms with Crippen LogP contribution in [-0.4, -0.2) is 17.0 Å². The van der Waals surface area contributed by atoms with Crippen LogP contribution in [0.25, 0.3) is 0 Å². The molecule has 0 aromatic rings. The van der Waals surface area contributed by atoms with E-state index in [9.17, 15) is 9.90 Å². The van der Waals surface area contributed by atoms with Crippen molar-refractivity contribution in [2.75, 3.05) is 0 Å². The fraction of sp³-hybridized carbons (Fsp3) is 0.850. The molecule has 4 aliphatic rings. The van der Waals surface area contributed by atoms with E-state index in [4.69, 9.17) is 0 Å². The van der Waals surface area contributed by atoms with E-state index in [2.05, 4.69) is 33.8 Å². The molecule has 0 heterocycles. The molecule has 1 N–H and O–H groups in total. The van der Waals surface area contributed by atoms with Crippen LogP contribution in [0.3, 0.4) is 0 Å². The van der Waals surface area contributed by atoms with Gasteiger partial charge in [-0.25, -0.2) is 0 Å². The predicted molar refractivity (Wildman–Crippen MR) is 87.2 cm³/mol. The number of carbonyl (C=O) groups excluding carboxylic acids is 1. The monoisotopic (exact) mass is 302 g/mol. The number of allylic oxidation sites excluding steroid dienone is 2. The lowest BCUT2D eigenvalue weighted by Crippen LogP contribution is -2.59. The third kappa shape index (κ3) is 1.58. The number of ketones is 1. The average Bonchev–Trinajstić information content (AvgIpc) is 2.65. The first kappa shape index (κ1) is 14.9. The van der Waals surface area contributed by atoms with Crippen LogP contribution in [0.4, 0.5) is 0 Å². The average molecular weight is 302 g/mol. The lowest BCUT2D eigenvalue weighted by molar-refractivity contribution is -0.176. The summed E-state index contributed by atoms with van der Waals surface area (Å²) in [5.74, 6) is 2.80. The topological polar surface area (TPSA) is 37.3 Å². The van der Waals surface area contributed by atoms with Crippen LogP contribution in [0.2, 0.25) is 0 Å². The Labute approximate surface area is 134 Å². The maximum atomic E-state index is 12.9. The fourth-order valence-electron chi connectivity index (χ4n) is 7.29. The molecule has 4 rings (SSSR count). The van der Waals surface area contributed by atoms with Crippen molar-refractivity contribution < 1.29 is 9.90 Å². The van der Waals surface area contributed by atoms with Crippen molar-refractivity contribution in [3.8, 4) is 0 Å². The van der Waals surface area contributed by atoms with E-state index < -0.39 is 0 Å². The summed E-state index contributed by atoms with van der Waals surface area (Å²) in [6.45, 7) is 9.26. The molecule has 2 heteroatoms. The van der Waals surface area contributed by atoms with Crippen LogP contribution in [0.1, 0.15) is 59.8 Å². The zero-order valence-electron chi connectivity index (χ0n) is 14.4. The lowest BCUT2D eigenvalue weighted by atomic mass is 9.42. The Balaban J connectivity index is 1.93. The van der Waals surface area contributed by atoms with Gasteiger partial charge in [0.1, 0.15) is 5.78 Å². The number of Topliss-reactive ketones (excluding diaryl/α,β-unsaturated/α-hetero) is 1. The first-order chi connectivity index (χ1) is 10.3. The highest BCUT2D eigenvalue weighted by atomic mass is 16.3. The molecule has 3 fully saturated rings. The number of rotatable bonds is 0. The van der Waals surface area contributed by atoms with Crippen molar-refractivity contribution in [1.29, 1.82) is 0 Å². The third-order valence-electron chi connectivity index (χ3n) is 8.41. The first-order valence-electron chi connectivity index (χ1n) is 9.17. The lowest BCUT2D eigenvalue weighted by Gasteiger charge is -2.62. The minimum absolute atomic E-state index is 0.0720. The Morgan fingerprint density at radius 3 is 2.73 bits per heavy atom. The Kier molecular flexibility index (Phi) is 3.03. The predicted octanol–water partition coefficient (Wildman–Crippen LogP) is 3.98. The molecule has 0 unspecified atom stereocenters. The van der Waals surface area contributed by atoms with Crippen LogP contribution < -0.4 is 0 Å². The molecular formula is C20H30O2. The van der Waals surface area contributed by atoms with E-state index in [0.29, 0.717) is 30.0 Å². The van der Waals surface area contributed by atoms with E-state index >= 15 is 0 Å². The minimum atomic E-state index is -0.301. The highest BCUT2D eigenvalue weighted by Gasteiger charge is 2.68. The quantitative estimate of drug-likeness (QED) is 0.687. The molecule has 4 aliphatic carbocycles. The van der Waals surface area contributed by atoms with E-state index in [0.717, 1.165) is 18.8 Å². The van der Waals surface area contributed by atoms with Crippen molar-refractivity contribution in [3.05, 3.63) is 11.6 Å². The first-order valence-corrected chi connectivity index (χ1v) is 9.17. The SMILES string of the molecule is CC1=CC[C@@H]2[C@@H](C)CC[C@@H]3C[C@@H](O)[C@@]4(C)CC(=O)[C@H]1[C@H]4[C@]32C. The molecule has 22 heavy (non-hydrogen) atoms. The van der Waals surface area contributed by atoms with Crippen molar-refractivity contribution in [1.82, 2.24) is 0 Å². The molecule has 0 amide bonds. The summed E-state index contributed by atoms with van der Waals surface area (Å²) in [6.07, 6.45) is 7.21. The number of aliphatic hydroxyl groups is 1. The maximum absolute atomic E-state index is 12.9. The van der Waals surface area contributed by atoms with Crippen LogP contribution >= 0.6 is 0 Å². The van der Waals surface area contributed by atoms with Crippen molar-refractivity contribution >= 4 is 5.78 Å². The Morgan fingerprint density at radius 1 is 1.27 bits per heavy atom. The van der Waals surface area contributed by atoms with Crippen molar-refractivity contribution in [3.63, 3.8) is 0 Å². The second-order valence-electron chi connectivity index (χ2n) is 9.26. The molecule has 3 saturated carbocycles. The molecule has 0 spiro atoms. The maximum Gasteiger partial charge on any atom is 0.140 e. The molecule has 0 radical (unpaired) electrons. The molecule has 2 nitrogen and oxygen atoms in total. The van der Waals surface area contributed by atoms with Gasteiger partial charge in [0.25, 0.3) is 0 Å². The number of aliphatic hydroxyl groups excluding tert-OH is 1. The van der Waals surface area contributed by atoms with Gasteiger partial charge < -0.3 is 5.11 Å². The highest BCUT2D eigenvalue weighted by molar-refractivity contribution is 5.87. The summed E-state index contributed by atoms with van der Waals surface area (Å²) >= 11 is 0. The summed E-state index contributed by atoms with van der Waals surface area (Å²) in [7, 11) is 0. The van der Waals surface area contributed by atoms with Gasteiger partial charge >= 0.3 is 0 Å². The third-order valence-corrected chi connectivity index (χ3v) is 8.41. The van der Waals surface area contributed by atoms with Gasteiger partial charge in [0.05, 0.1) is 6.10 Å². The van der Waals surface area contributed by atoms with Gasteiger partial charge in [0.2, 0.25) is 0 Å². The smallest absolute Gasteiger partial charge is 0.140 e. The van der Waals surface area contributed by atoms with Gasteiger partial charge in [0.15, 0.2) is 0 Å².